The molecule has 0 aliphatic heterocycles. The van der Waals surface area contributed by atoms with E-state index in [1.807, 2.05) is 13.8 Å². The molecule has 0 unspecified atom stereocenters. The summed E-state index contributed by atoms with van der Waals surface area (Å²) >= 11 is 1.32. The van der Waals surface area contributed by atoms with E-state index in [4.69, 9.17) is 4.74 Å². The topological polar surface area (TPSA) is 39.9 Å². The smallest absolute Gasteiger partial charge is 0.416 e. The summed E-state index contributed by atoms with van der Waals surface area (Å²) in [6, 6.07) is 3.56. The van der Waals surface area contributed by atoms with Gasteiger partial charge in [0.25, 0.3) is 5.88 Å². The van der Waals surface area contributed by atoms with Crippen LogP contribution in [0.5, 0.6) is 5.88 Å². The van der Waals surface area contributed by atoms with Crippen molar-refractivity contribution in [2.75, 3.05) is 12.4 Å². The summed E-state index contributed by atoms with van der Waals surface area (Å²) in [7, 11) is 0. The van der Waals surface area contributed by atoms with Gasteiger partial charge in [0.2, 0.25) is 0 Å². The fraction of sp³-hybridized carbons (Fsp3) is 0.385. The lowest BCUT2D eigenvalue weighted by Gasteiger charge is -2.12. The van der Waals surface area contributed by atoms with Crippen LogP contribution in [0.2, 0.25) is 0 Å². The fourth-order valence-corrected chi connectivity index (χ4v) is 2.56. The molecule has 0 radical (unpaired) electrons. The number of hydrogen-bond acceptors (Lipinski definition) is 4. The van der Waals surface area contributed by atoms with Crippen LogP contribution in [0.1, 0.15) is 19.4 Å². The second-order valence-electron chi connectivity index (χ2n) is 4.05. The Labute approximate surface area is 124 Å². The quantitative estimate of drug-likeness (QED) is 0.787. The van der Waals surface area contributed by atoms with Gasteiger partial charge in [0, 0.05) is 4.90 Å². The second-order valence-corrected chi connectivity index (χ2v) is 5.35. The lowest BCUT2D eigenvalue weighted by molar-refractivity contribution is -0.137. The molecule has 2 aromatic rings. The maximum atomic E-state index is 12.8. The van der Waals surface area contributed by atoms with Crippen molar-refractivity contribution >= 4 is 11.8 Å². The molecule has 0 atom stereocenters. The first-order valence-electron chi connectivity index (χ1n) is 6.35. The van der Waals surface area contributed by atoms with Crippen molar-refractivity contribution in [2.24, 2.45) is 0 Å². The van der Waals surface area contributed by atoms with Crippen LogP contribution in [0.3, 0.4) is 0 Å². The van der Waals surface area contributed by atoms with Gasteiger partial charge in [0.15, 0.2) is 0 Å². The monoisotopic (exact) mass is 317 g/mol. The van der Waals surface area contributed by atoms with Crippen molar-refractivity contribution in [1.29, 1.82) is 0 Å². The molecule has 0 N–H and O–H groups in total. The van der Waals surface area contributed by atoms with Gasteiger partial charge in [-0.15, -0.1) is 11.8 Å². The number of rotatable bonds is 5. The van der Waals surface area contributed by atoms with Crippen LogP contribution in [-0.4, -0.2) is 27.4 Å². The third kappa shape index (κ3) is 3.69. The largest absolute Gasteiger partial charge is 0.476 e. The molecule has 114 valence electrons. The molecule has 0 amide bonds. The van der Waals surface area contributed by atoms with Crippen molar-refractivity contribution in [3.63, 3.8) is 0 Å². The number of ether oxygens (including phenoxy) is 1. The highest BCUT2D eigenvalue weighted by Gasteiger charge is 2.31. The zero-order valence-corrected chi connectivity index (χ0v) is 12.3. The van der Waals surface area contributed by atoms with Crippen LogP contribution < -0.4 is 4.74 Å². The van der Waals surface area contributed by atoms with Crippen molar-refractivity contribution in [3.05, 3.63) is 30.0 Å². The first kappa shape index (κ1) is 15.7. The molecule has 2 rings (SSSR count). The maximum absolute atomic E-state index is 12.8. The predicted octanol–water partition coefficient (Wildman–Crippen LogP) is 3.80. The number of nitrogens with zero attached hydrogens (tertiary/aromatic N) is 3. The Morgan fingerprint density at radius 1 is 1.29 bits per heavy atom. The predicted molar refractivity (Wildman–Crippen MR) is 73.9 cm³/mol. The van der Waals surface area contributed by atoms with Crippen LogP contribution in [0.25, 0.3) is 5.69 Å². The lowest BCUT2D eigenvalue weighted by atomic mass is 10.2. The van der Waals surface area contributed by atoms with Crippen LogP contribution in [0.15, 0.2) is 29.3 Å². The highest BCUT2D eigenvalue weighted by Crippen LogP contribution is 2.35. The first-order valence-corrected chi connectivity index (χ1v) is 7.33. The van der Waals surface area contributed by atoms with Gasteiger partial charge in [-0.2, -0.15) is 13.2 Å². The van der Waals surface area contributed by atoms with Crippen LogP contribution >= 0.6 is 11.8 Å². The fourth-order valence-electron chi connectivity index (χ4n) is 1.73. The van der Waals surface area contributed by atoms with Gasteiger partial charge in [-0.25, -0.2) is 4.68 Å². The van der Waals surface area contributed by atoms with Gasteiger partial charge in [0.1, 0.15) is 0 Å². The molecule has 0 saturated carbocycles. The molecule has 1 heterocycles. The molecular formula is C13H14F3N3OS. The molecule has 8 heteroatoms. The SMILES string of the molecule is CCOc1cn(-c2ccc(C(F)(F)F)cc2SCC)nn1. The maximum Gasteiger partial charge on any atom is 0.416 e. The van der Waals surface area contributed by atoms with E-state index in [9.17, 15) is 13.2 Å². The lowest BCUT2D eigenvalue weighted by Crippen LogP contribution is -2.06. The van der Waals surface area contributed by atoms with E-state index in [-0.39, 0.29) is 0 Å². The minimum absolute atomic E-state index is 0.338. The average molecular weight is 317 g/mol. The van der Waals surface area contributed by atoms with Crippen molar-refractivity contribution < 1.29 is 17.9 Å². The highest BCUT2D eigenvalue weighted by atomic mass is 32.2. The van der Waals surface area contributed by atoms with Crippen LogP contribution in [0, 0.1) is 0 Å². The Hall–Kier alpha value is -1.70. The average Bonchev–Trinajstić information content (AvgIpc) is 2.87. The molecule has 0 fully saturated rings. The normalized spacial score (nSPS) is 11.7. The summed E-state index contributed by atoms with van der Waals surface area (Å²) in [6.07, 6.45) is -2.81. The molecule has 4 nitrogen and oxygen atoms in total. The van der Waals surface area contributed by atoms with Crippen LogP contribution in [0.4, 0.5) is 13.2 Å². The number of halogens is 3. The molecule has 0 aliphatic carbocycles. The Morgan fingerprint density at radius 3 is 2.67 bits per heavy atom. The molecule has 0 aliphatic rings. The van der Waals surface area contributed by atoms with Crippen molar-refractivity contribution in [1.82, 2.24) is 15.0 Å². The summed E-state index contributed by atoms with van der Waals surface area (Å²) in [6.45, 7) is 4.14. The van der Waals surface area contributed by atoms with Gasteiger partial charge >= 0.3 is 6.18 Å². The zero-order chi connectivity index (χ0) is 15.5. The summed E-state index contributed by atoms with van der Waals surface area (Å²) in [5.41, 5.74) is -0.124. The highest BCUT2D eigenvalue weighted by molar-refractivity contribution is 7.99. The molecule has 0 saturated heterocycles. The van der Waals surface area contributed by atoms with E-state index >= 15 is 0 Å². The molecule has 0 bridgehead atoms. The third-order valence-corrected chi connectivity index (χ3v) is 3.53. The number of alkyl halides is 3. The molecule has 21 heavy (non-hydrogen) atoms. The van der Waals surface area contributed by atoms with Gasteiger partial charge in [-0.05, 0) is 30.9 Å². The minimum atomic E-state index is -4.36. The number of benzene rings is 1. The van der Waals surface area contributed by atoms with E-state index in [1.165, 1.54) is 22.5 Å². The molecule has 0 spiro atoms. The Bertz CT molecular complexity index is 613. The standard InChI is InChI=1S/C13H14F3N3OS/c1-3-20-12-8-19(18-17-12)10-6-5-9(13(14,15)16)7-11(10)21-4-2/h5-8H,3-4H2,1-2H3. The first-order chi connectivity index (χ1) is 9.95. The van der Waals surface area contributed by atoms with E-state index in [1.54, 1.807) is 6.20 Å². The number of thioether (sulfide) groups is 1. The molecular weight excluding hydrogens is 303 g/mol. The Kier molecular flexibility index (Phi) is 4.76. The van der Waals surface area contributed by atoms with Crippen LogP contribution in [-0.2, 0) is 6.18 Å². The van der Waals surface area contributed by atoms with Gasteiger partial charge in [-0.3, -0.25) is 0 Å². The Morgan fingerprint density at radius 2 is 2.05 bits per heavy atom. The van der Waals surface area contributed by atoms with Crippen molar-refractivity contribution in [2.45, 2.75) is 24.9 Å². The summed E-state index contributed by atoms with van der Waals surface area (Å²) in [4.78, 5) is 0.500. The van der Waals surface area contributed by atoms with Gasteiger partial charge in [-0.1, -0.05) is 17.2 Å². The summed E-state index contributed by atoms with van der Waals surface area (Å²) in [5, 5.41) is 7.70. The van der Waals surface area contributed by atoms with Crippen molar-refractivity contribution in [3.8, 4) is 11.6 Å². The van der Waals surface area contributed by atoms with E-state index in [0.29, 0.717) is 28.8 Å². The van der Waals surface area contributed by atoms with E-state index in [0.717, 1.165) is 12.1 Å². The number of aromatic nitrogens is 3. The summed E-state index contributed by atoms with van der Waals surface area (Å²) in [5.74, 6) is 0.992. The third-order valence-electron chi connectivity index (χ3n) is 2.60. The second kappa shape index (κ2) is 6.38. The minimum Gasteiger partial charge on any atom is -0.476 e. The number of hydrogen-bond donors (Lipinski definition) is 0. The van der Waals surface area contributed by atoms with Gasteiger partial charge < -0.3 is 4.74 Å². The molecule has 1 aromatic carbocycles. The van der Waals surface area contributed by atoms with E-state index < -0.39 is 11.7 Å². The van der Waals surface area contributed by atoms with Gasteiger partial charge in [0.05, 0.1) is 24.1 Å². The summed E-state index contributed by atoms with van der Waals surface area (Å²) < 4.78 is 45.0. The molecule has 1 aromatic heterocycles. The van der Waals surface area contributed by atoms with E-state index in [2.05, 4.69) is 10.3 Å². The zero-order valence-electron chi connectivity index (χ0n) is 11.5. The Balaban J connectivity index is 2.41.